The van der Waals surface area contributed by atoms with E-state index < -0.39 is 0 Å². The fraction of sp³-hybridized carbons (Fsp3) is 0.462. The third-order valence-electron chi connectivity index (χ3n) is 7.70. The summed E-state index contributed by atoms with van der Waals surface area (Å²) >= 11 is 1.34. The summed E-state index contributed by atoms with van der Waals surface area (Å²) in [6.45, 7) is 3.47. The molecule has 2 aliphatic heterocycles. The summed E-state index contributed by atoms with van der Waals surface area (Å²) < 4.78 is 6.13. The molecule has 8 heteroatoms. The van der Waals surface area contributed by atoms with Crippen molar-refractivity contribution in [2.24, 2.45) is 11.7 Å². The van der Waals surface area contributed by atoms with Gasteiger partial charge in [0.15, 0.2) is 0 Å². The lowest BCUT2D eigenvalue weighted by Gasteiger charge is -2.36. The molecule has 0 radical (unpaired) electrons. The van der Waals surface area contributed by atoms with Crippen LogP contribution in [0.1, 0.15) is 46.6 Å². The van der Waals surface area contributed by atoms with Crippen molar-refractivity contribution in [1.82, 2.24) is 10.3 Å². The van der Waals surface area contributed by atoms with Crippen molar-refractivity contribution in [3.63, 3.8) is 0 Å². The van der Waals surface area contributed by atoms with E-state index in [9.17, 15) is 4.79 Å². The minimum Gasteiger partial charge on any atom is -0.491 e. The Labute approximate surface area is 203 Å². The van der Waals surface area contributed by atoms with E-state index in [0.717, 1.165) is 58.9 Å². The van der Waals surface area contributed by atoms with Gasteiger partial charge in [0.25, 0.3) is 5.91 Å². The lowest BCUT2D eigenvalue weighted by Crippen LogP contribution is -2.43. The van der Waals surface area contributed by atoms with Gasteiger partial charge in [-0.1, -0.05) is 6.07 Å². The number of thiophene rings is 1. The molecule has 0 unspecified atom stereocenters. The van der Waals surface area contributed by atoms with Crippen molar-refractivity contribution >= 4 is 38.8 Å². The number of rotatable bonds is 3. The van der Waals surface area contributed by atoms with Gasteiger partial charge >= 0.3 is 0 Å². The van der Waals surface area contributed by atoms with Crippen molar-refractivity contribution in [3.8, 4) is 5.75 Å². The number of carbonyl (C=O) groups is 1. The largest absolute Gasteiger partial charge is 0.491 e. The molecule has 1 saturated carbocycles. The molecule has 2 aromatic heterocycles. The Morgan fingerprint density at radius 1 is 1.24 bits per heavy atom. The van der Waals surface area contributed by atoms with Gasteiger partial charge in [-0.25, -0.2) is 4.98 Å². The van der Waals surface area contributed by atoms with Crippen molar-refractivity contribution < 1.29 is 9.53 Å². The molecule has 5 N–H and O–H groups in total. The molecule has 2 fully saturated rings. The van der Waals surface area contributed by atoms with Crippen LogP contribution < -0.4 is 26.4 Å². The molecule has 3 aromatic rings. The molecule has 1 saturated heterocycles. The van der Waals surface area contributed by atoms with Crippen LogP contribution in [-0.2, 0) is 6.42 Å². The molecule has 7 nitrogen and oxygen atoms in total. The van der Waals surface area contributed by atoms with Crippen LogP contribution in [0.2, 0.25) is 0 Å². The van der Waals surface area contributed by atoms with Crippen molar-refractivity contribution in [1.29, 1.82) is 0 Å². The molecule has 1 aliphatic carbocycles. The van der Waals surface area contributed by atoms with Crippen LogP contribution in [0.15, 0.2) is 30.3 Å². The highest BCUT2D eigenvalue weighted by Gasteiger charge is 2.38. The van der Waals surface area contributed by atoms with Gasteiger partial charge in [0.05, 0.1) is 11.7 Å². The molecule has 4 atom stereocenters. The topological polar surface area (TPSA) is 106 Å². The first kappa shape index (κ1) is 21.7. The third-order valence-corrected chi connectivity index (χ3v) is 8.81. The summed E-state index contributed by atoms with van der Waals surface area (Å²) in [4.78, 5) is 21.4. The van der Waals surface area contributed by atoms with E-state index in [1.54, 1.807) is 0 Å². The van der Waals surface area contributed by atoms with Crippen LogP contribution in [0.25, 0.3) is 10.2 Å². The Bertz CT molecular complexity index is 1260. The molecular formula is C26H31N5O2S. The van der Waals surface area contributed by atoms with Crippen LogP contribution in [0.4, 0.5) is 11.4 Å². The number of nitrogens with two attached hydrogens (primary N) is 2. The molecule has 0 bridgehead atoms. The zero-order valence-electron chi connectivity index (χ0n) is 19.4. The van der Waals surface area contributed by atoms with E-state index in [1.807, 2.05) is 19.1 Å². The first-order chi connectivity index (χ1) is 16.5. The second kappa shape index (κ2) is 8.43. The normalized spacial score (nSPS) is 26.1. The molecule has 0 spiro atoms. The number of amides is 1. The average Bonchev–Trinajstić information content (AvgIpc) is 3.39. The number of hydrogen-bond donors (Lipinski definition) is 3. The number of pyridine rings is 1. The molecular weight excluding hydrogens is 446 g/mol. The maximum absolute atomic E-state index is 13.0. The summed E-state index contributed by atoms with van der Waals surface area (Å²) in [7, 11) is 0. The number of aromatic nitrogens is 1. The van der Waals surface area contributed by atoms with E-state index in [4.69, 9.17) is 16.2 Å². The van der Waals surface area contributed by atoms with Crippen LogP contribution in [0.5, 0.6) is 5.75 Å². The Morgan fingerprint density at radius 3 is 3.00 bits per heavy atom. The first-order valence-corrected chi connectivity index (χ1v) is 13.0. The van der Waals surface area contributed by atoms with Gasteiger partial charge in [0, 0.05) is 41.5 Å². The van der Waals surface area contributed by atoms with E-state index >= 15 is 0 Å². The lowest BCUT2D eigenvalue weighted by atomic mass is 9.82. The molecule has 178 valence electrons. The van der Waals surface area contributed by atoms with Gasteiger partial charge in [0.1, 0.15) is 22.1 Å². The Hall–Kier alpha value is -2.84. The summed E-state index contributed by atoms with van der Waals surface area (Å²) in [5, 5.41) is 3.95. The van der Waals surface area contributed by atoms with Gasteiger partial charge in [-0.3, -0.25) is 4.79 Å². The number of ether oxygens (including phenoxy) is 1. The van der Waals surface area contributed by atoms with E-state index in [1.165, 1.54) is 29.9 Å². The highest BCUT2D eigenvalue weighted by atomic mass is 32.1. The van der Waals surface area contributed by atoms with Crippen LogP contribution in [0.3, 0.4) is 0 Å². The fourth-order valence-corrected chi connectivity index (χ4v) is 6.93. The number of nitrogens with zero attached hydrogens (tertiary/aromatic N) is 2. The minimum absolute atomic E-state index is 0.0994. The maximum atomic E-state index is 13.0. The molecule has 34 heavy (non-hydrogen) atoms. The van der Waals surface area contributed by atoms with Gasteiger partial charge in [-0.15, -0.1) is 11.3 Å². The summed E-state index contributed by atoms with van der Waals surface area (Å²) in [5.41, 5.74) is 16.3. The molecule has 1 amide bonds. The number of nitrogen functional groups attached to an aromatic ring is 1. The number of anilines is 2. The van der Waals surface area contributed by atoms with Gasteiger partial charge in [-0.2, -0.15) is 0 Å². The van der Waals surface area contributed by atoms with Crippen molar-refractivity contribution in [3.05, 3.63) is 46.5 Å². The zero-order chi connectivity index (χ0) is 23.4. The number of fused-ring (bicyclic) bond motifs is 3. The number of hydrogen-bond acceptors (Lipinski definition) is 7. The predicted octanol–water partition coefficient (Wildman–Crippen LogP) is 3.63. The summed E-state index contributed by atoms with van der Waals surface area (Å²) in [6, 6.07) is 11.1. The van der Waals surface area contributed by atoms with Crippen LogP contribution >= 0.6 is 11.3 Å². The van der Waals surface area contributed by atoms with Crippen LogP contribution in [0, 0.1) is 12.8 Å². The minimum atomic E-state index is -0.163. The fourth-order valence-electron chi connectivity index (χ4n) is 5.89. The Morgan fingerprint density at radius 2 is 2.12 bits per heavy atom. The van der Waals surface area contributed by atoms with E-state index in [2.05, 4.69) is 33.4 Å². The number of carbonyl (C=O) groups excluding carboxylic acids is 1. The number of aryl methyl sites for hydroxylation is 1. The molecule has 6 rings (SSSR count). The van der Waals surface area contributed by atoms with Gasteiger partial charge < -0.3 is 26.4 Å². The Balaban J connectivity index is 1.15. The molecule has 3 aliphatic rings. The van der Waals surface area contributed by atoms with Crippen molar-refractivity contribution in [2.45, 2.75) is 57.2 Å². The summed E-state index contributed by atoms with van der Waals surface area (Å²) in [6.07, 6.45) is 5.45. The number of benzene rings is 1. The molecule has 4 heterocycles. The highest BCUT2D eigenvalue weighted by Crippen LogP contribution is 2.40. The highest BCUT2D eigenvalue weighted by molar-refractivity contribution is 7.21. The lowest BCUT2D eigenvalue weighted by molar-refractivity contribution is 0.0920. The summed E-state index contributed by atoms with van der Waals surface area (Å²) in [5.74, 6) is 1.52. The van der Waals surface area contributed by atoms with Gasteiger partial charge in [0.2, 0.25) is 0 Å². The number of nitrogens with one attached hydrogen (secondary N) is 1. The van der Waals surface area contributed by atoms with E-state index in [0.29, 0.717) is 29.3 Å². The van der Waals surface area contributed by atoms with E-state index in [-0.39, 0.29) is 11.9 Å². The second-order valence-electron chi connectivity index (χ2n) is 10.0. The SMILES string of the molecule is Cc1ccc2c(N)c(C(=O)N[C@H]3COc4cc(N5CC[C@H]6CC[C@@H](N)C[C@H]65)ccc4C3)sc2n1. The smallest absolute Gasteiger partial charge is 0.263 e. The van der Waals surface area contributed by atoms with Crippen LogP contribution in [-0.4, -0.2) is 42.2 Å². The standard InChI is InChI=1S/C26H31N5O2S/c1-14-2-7-20-23(28)24(34-26(20)29-14)25(32)30-18-10-16-4-6-19(12-22(16)33-13-18)31-9-8-15-3-5-17(27)11-21(15)31/h2,4,6-7,12,15,17-18,21H,3,5,8-11,13,27-28H2,1H3,(H,30,32)/t15-,17-,18-,21-/m1/s1. The second-order valence-corrected chi connectivity index (χ2v) is 11.0. The molecule has 1 aromatic carbocycles. The average molecular weight is 478 g/mol. The first-order valence-electron chi connectivity index (χ1n) is 12.2. The third kappa shape index (κ3) is 3.79. The monoisotopic (exact) mass is 477 g/mol. The zero-order valence-corrected chi connectivity index (χ0v) is 20.2. The maximum Gasteiger partial charge on any atom is 0.263 e. The van der Waals surface area contributed by atoms with Crippen molar-refractivity contribution in [2.75, 3.05) is 23.8 Å². The quantitative estimate of drug-likeness (QED) is 0.532. The Kier molecular flexibility index (Phi) is 5.37. The predicted molar refractivity (Wildman–Crippen MR) is 137 cm³/mol. The van der Waals surface area contributed by atoms with Gasteiger partial charge in [-0.05, 0) is 68.7 Å².